The van der Waals surface area contributed by atoms with Gasteiger partial charge in [0.1, 0.15) is 59.2 Å². The fourth-order valence-electron chi connectivity index (χ4n) is 6.93. The van der Waals surface area contributed by atoms with Crippen molar-refractivity contribution in [3.8, 4) is 0 Å². The summed E-state index contributed by atoms with van der Waals surface area (Å²) in [5, 5.41) is 56.3. The number of nitrogens with one attached hydrogen (secondary N) is 4. The van der Waals surface area contributed by atoms with Crippen LogP contribution in [0.3, 0.4) is 0 Å². The largest absolute Gasteiger partial charge is 0.466 e. The van der Waals surface area contributed by atoms with E-state index in [0.717, 1.165) is 4.90 Å². The van der Waals surface area contributed by atoms with Gasteiger partial charge < -0.3 is 85.5 Å². The Balaban J connectivity index is 2.05. The zero-order valence-corrected chi connectivity index (χ0v) is 36.8. The first-order valence-electron chi connectivity index (χ1n) is 20.3. The molecule has 10 N–H and O–H groups in total. The van der Waals surface area contributed by atoms with Gasteiger partial charge in [-0.25, -0.2) is 14.4 Å². The number of hydrogen-bond donors (Lipinski definition) is 9. The van der Waals surface area contributed by atoms with Crippen LogP contribution >= 0.6 is 0 Å². The van der Waals surface area contributed by atoms with Crippen LogP contribution in [0.25, 0.3) is 0 Å². The zero-order valence-electron chi connectivity index (χ0n) is 36.8. The quantitative estimate of drug-likeness (QED) is 0.0824. The number of carbonyl (C=O) groups is 4. The minimum absolute atomic E-state index is 0.203. The molecule has 21 heteroatoms. The highest BCUT2D eigenvalue weighted by molar-refractivity contribution is 5.77. The fraction of sp³-hybridized carbons (Fsp3) is 0.846. The summed E-state index contributed by atoms with van der Waals surface area (Å²) in [7, 11) is 1.33. The summed E-state index contributed by atoms with van der Waals surface area (Å²) < 4.78 is 41.3. The van der Waals surface area contributed by atoms with Crippen LogP contribution in [0.1, 0.15) is 88.5 Å². The van der Waals surface area contributed by atoms with Gasteiger partial charge in [-0.05, 0) is 108 Å². The van der Waals surface area contributed by atoms with E-state index in [9.17, 15) is 39.6 Å². The predicted molar refractivity (Wildman–Crippen MR) is 214 cm³/mol. The Hall–Kier alpha value is -3.54. The average Bonchev–Trinajstić information content (AvgIpc) is 3.09. The molecule has 0 bridgehead atoms. The summed E-state index contributed by atoms with van der Waals surface area (Å²) in [6.07, 6.45) is -9.49. The standard InChI is InChI=1S/C39H70N6O15/c1-36(2,3)58-33(50)43-22-14-13-21(18-41-16-12-15-40)55-31(22)56-29-24(44-34(51)59-37(4,5)6)17-23(42-25(47)19-46)28(26(29)48)57-32-27(49)30(39(10,53)20-54-32)45(11)35(52)60-38(7,8)9/h13,22-24,26-32,41,46,48-49,53H,12,14-20,40H2,1-11H3,(H,42,47)(H,43,50)(H,44,51)/t22-,23-,24+,26-,27-,28+,29-,30-,31-,32-,39+/m1/s1. The minimum Gasteiger partial charge on any atom is -0.466 e. The third-order valence-electron chi connectivity index (χ3n) is 9.38. The van der Waals surface area contributed by atoms with E-state index in [1.165, 1.54) is 14.0 Å². The van der Waals surface area contributed by atoms with Gasteiger partial charge in [-0.3, -0.25) is 4.79 Å². The molecule has 21 nitrogen and oxygen atoms in total. The molecule has 0 spiro atoms. The predicted octanol–water partition coefficient (Wildman–Crippen LogP) is 0.0575. The van der Waals surface area contributed by atoms with Crippen molar-refractivity contribution >= 4 is 24.2 Å². The lowest BCUT2D eigenvalue weighted by Crippen LogP contribution is -2.70. The third-order valence-corrected chi connectivity index (χ3v) is 9.38. The molecule has 4 amide bonds. The first-order valence-corrected chi connectivity index (χ1v) is 20.3. The third kappa shape index (κ3) is 15.4. The second-order valence-corrected chi connectivity index (χ2v) is 18.5. The van der Waals surface area contributed by atoms with Crippen molar-refractivity contribution in [2.24, 2.45) is 5.73 Å². The molecule has 2 fully saturated rings. The van der Waals surface area contributed by atoms with Crippen LogP contribution < -0.4 is 27.0 Å². The lowest BCUT2D eigenvalue weighted by molar-refractivity contribution is -0.311. The van der Waals surface area contributed by atoms with E-state index in [1.54, 1.807) is 68.4 Å². The summed E-state index contributed by atoms with van der Waals surface area (Å²) >= 11 is 0. The highest BCUT2D eigenvalue weighted by atomic mass is 16.7. The Morgan fingerprint density at radius 1 is 0.850 bits per heavy atom. The van der Waals surface area contributed by atoms with Crippen molar-refractivity contribution in [1.29, 1.82) is 0 Å². The van der Waals surface area contributed by atoms with Crippen LogP contribution in [-0.4, -0.2) is 173 Å². The van der Waals surface area contributed by atoms with Crippen LogP contribution in [0.15, 0.2) is 11.8 Å². The maximum Gasteiger partial charge on any atom is 0.410 e. The number of nitrogens with two attached hydrogens (primary N) is 1. The maximum absolute atomic E-state index is 13.3. The first kappa shape index (κ1) is 50.8. The van der Waals surface area contributed by atoms with Gasteiger partial charge in [-0.2, -0.15) is 0 Å². The van der Waals surface area contributed by atoms with E-state index in [1.807, 2.05) is 0 Å². The number of rotatable bonds is 14. The van der Waals surface area contributed by atoms with Gasteiger partial charge in [0, 0.05) is 7.05 Å². The van der Waals surface area contributed by atoms with Crippen molar-refractivity contribution in [1.82, 2.24) is 26.2 Å². The average molecular weight is 863 g/mol. The van der Waals surface area contributed by atoms with Crippen molar-refractivity contribution in [3.05, 3.63) is 11.8 Å². The molecule has 1 saturated carbocycles. The monoisotopic (exact) mass is 862 g/mol. The molecule has 2 heterocycles. The maximum atomic E-state index is 13.3. The van der Waals surface area contributed by atoms with Crippen LogP contribution in [-0.2, 0) is 38.0 Å². The highest BCUT2D eigenvalue weighted by Gasteiger charge is 2.55. The van der Waals surface area contributed by atoms with E-state index < -0.39 is 121 Å². The van der Waals surface area contributed by atoms with E-state index in [0.29, 0.717) is 25.3 Å². The summed E-state index contributed by atoms with van der Waals surface area (Å²) in [6.45, 7) is 16.3. The Labute approximate surface area is 352 Å². The number of ether oxygens (including phenoxy) is 7. The van der Waals surface area contributed by atoms with Gasteiger partial charge in [-0.15, -0.1) is 0 Å². The molecule has 2 aliphatic heterocycles. The first-order chi connectivity index (χ1) is 27.6. The van der Waals surface area contributed by atoms with Gasteiger partial charge in [0.05, 0.1) is 37.3 Å². The molecule has 1 aliphatic carbocycles. The SMILES string of the molecule is CN(C(=O)OC(C)(C)C)[C@@H]1[C@@H](O)[C@@H](O[C@@H]2[C@@H](O)[C@H](O[C@H]3OC(CNCCCN)=CC[C@H]3NC(=O)OC(C)(C)C)[C@@H](NC(=O)OC(C)(C)C)C[C@H]2NC(=O)CO)OC[C@]1(C)O. The Morgan fingerprint density at radius 2 is 1.38 bits per heavy atom. The lowest BCUT2D eigenvalue weighted by Gasteiger charge is -2.50. The number of alkyl carbamates (subject to hydrolysis) is 2. The minimum atomic E-state index is -1.81. The van der Waals surface area contributed by atoms with Gasteiger partial charge in [-0.1, -0.05) is 0 Å². The number of carbonyl (C=O) groups excluding carboxylic acids is 4. The van der Waals surface area contributed by atoms with Crippen molar-refractivity contribution in [2.75, 3.05) is 39.9 Å². The molecule has 0 aromatic carbocycles. The van der Waals surface area contributed by atoms with E-state index >= 15 is 0 Å². The molecule has 0 unspecified atom stereocenters. The van der Waals surface area contributed by atoms with Gasteiger partial charge in [0.25, 0.3) is 0 Å². The molecule has 1 saturated heterocycles. The van der Waals surface area contributed by atoms with Crippen molar-refractivity contribution in [3.63, 3.8) is 0 Å². The number of aliphatic hydroxyl groups is 4. The number of likely N-dealkylation sites (N-methyl/N-ethyl adjacent to an activating group) is 1. The van der Waals surface area contributed by atoms with Gasteiger partial charge in [0.15, 0.2) is 6.29 Å². The van der Waals surface area contributed by atoms with Crippen LogP contribution in [0.4, 0.5) is 14.4 Å². The molecule has 60 heavy (non-hydrogen) atoms. The lowest BCUT2D eigenvalue weighted by atomic mass is 9.83. The second-order valence-electron chi connectivity index (χ2n) is 18.5. The second kappa shape index (κ2) is 21.0. The Bertz CT molecular complexity index is 1480. The summed E-state index contributed by atoms with van der Waals surface area (Å²) in [5.74, 6) is -0.408. The van der Waals surface area contributed by atoms with E-state index in [2.05, 4.69) is 21.3 Å². The van der Waals surface area contributed by atoms with Crippen LogP contribution in [0.2, 0.25) is 0 Å². The molecule has 0 aromatic rings. The Kier molecular flexibility index (Phi) is 17.8. The number of nitrogens with zero attached hydrogens (tertiary/aromatic N) is 1. The van der Waals surface area contributed by atoms with Crippen molar-refractivity contribution < 1.29 is 72.8 Å². The molecule has 0 radical (unpaired) electrons. The molecule has 346 valence electrons. The number of hydrogen-bond acceptors (Lipinski definition) is 17. The number of amides is 4. The van der Waals surface area contributed by atoms with E-state index in [4.69, 9.17) is 38.9 Å². The fourth-order valence-corrected chi connectivity index (χ4v) is 6.93. The Morgan fingerprint density at radius 3 is 1.92 bits per heavy atom. The molecule has 3 aliphatic rings. The van der Waals surface area contributed by atoms with Crippen molar-refractivity contribution in [2.45, 2.75) is 172 Å². The summed E-state index contributed by atoms with van der Waals surface area (Å²) in [6, 6.07) is -4.58. The molecule has 0 aromatic heterocycles. The van der Waals surface area contributed by atoms with E-state index in [-0.39, 0.29) is 19.4 Å². The molecular formula is C39H70N6O15. The smallest absolute Gasteiger partial charge is 0.410 e. The van der Waals surface area contributed by atoms with Crippen LogP contribution in [0.5, 0.6) is 0 Å². The molecular weight excluding hydrogens is 792 g/mol. The summed E-state index contributed by atoms with van der Waals surface area (Å²) in [5.41, 5.74) is 1.14. The number of aliphatic hydroxyl groups excluding tert-OH is 3. The van der Waals surface area contributed by atoms with Gasteiger partial charge >= 0.3 is 18.3 Å². The topological polar surface area (TPSA) is 291 Å². The molecule has 11 atom stereocenters. The summed E-state index contributed by atoms with van der Waals surface area (Å²) in [4.78, 5) is 53.2. The van der Waals surface area contributed by atoms with Gasteiger partial charge in [0.2, 0.25) is 12.2 Å². The highest BCUT2D eigenvalue weighted by Crippen LogP contribution is 2.35. The normalized spacial score (nSPS) is 31.2. The van der Waals surface area contributed by atoms with Crippen LogP contribution in [0, 0.1) is 0 Å². The molecule has 3 rings (SSSR count). The zero-order chi connectivity index (χ0) is 45.4.